The Morgan fingerprint density at radius 2 is 1.93 bits per heavy atom. The van der Waals surface area contributed by atoms with E-state index in [-0.39, 0.29) is 11.6 Å². The molecule has 3 heterocycles. The number of piperidine rings is 1. The summed E-state index contributed by atoms with van der Waals surface area (Å²) in [6.45, 7) is 4.48. The van der Waals surface area contributed by atoms with Gasteiger partial charge >= 0.3 is 6.18 Å². The van der Waals surface area contributed by atoms with Gasteiger partial charge in [0.25, 0.3) is 0 Å². The molecule has 2 aromatic heterocycles. The van der Waals surface area contributed by atoms with Crippen molar-refractivity contribution in [3.05, 3.63) is 35.5 Å². The van der Waals surface area contributed by atoms with Crippen molar-refractivity contribution in [1.82, 2.24) is 19.4 Å². The molecule has 2 aliphatic carbocycles. The van der Waals surface area contributed by atoms with Crippen LogP contribution in [0.3, 0.4) is 0 Å². The van der Waals surface area contributed by atoms with Gasteiger partial charge in [-0.05, 0) is 31.7 Å². The lowest BCUT2D eigenvalue weighted by Gasteiger charge is -2.19. The Labute approximate surface area is 166 Å². The molecule has 1 saturated heterocycles. The Bertz CT molecular complexity index is 967. The van der Waals surface area contributed by atoms with Crippen LogP contribution in [-0.4, -0.2) is 38.4 Å². The number of pyridine rings is 1. The van der Waals surface area contributed by atoms with E-state index in [4.69, 9.17) is 4.98 Å². The maximum Gasteiger partial charge on any atom is 0.418 e. The van der Waals surface area contributed by atoms with E-state index in [0.717, 1.165) is 31.4 Å². The molecule has 1 aliphatic heterocycles. The first-order valence-electron chi connectivity index (χ1n) is 10.1. The van der Waals surface area contributed by atoms with Gasteiger partial charge in [0.1, 0.15) is 5.82 Å². The molecule has 0 radical (unpaired) electrons. The molecule has 29 heavy (non-hydrogen) atoms. The first-order chi connectivity index (χ1) is 13.7. The van der Waals surface area contributed by atoms with E-state index in [0.29, 0.717) is 35.1 Å². The number of alkyl halides is 3. The van der Waals surface area contributed by atoms with E-state index in [1.54, 1.807) is 6.92 Å². The second-order valence-corrected chi connectivity index (χ2v) is 8.69. The zero-order chi connectivity index (χ0) is 20.5. The second-order valence-electron chi connectivity index (χ2n) is 8.69. The summed E-state index contributed by atoms with van der Waals surface area (Å²) in [6.07, 6.45) is 2.16. The number of amides is 1. The standard InChI is InChI=1S/C21H23F3N4O/c1-11-17(21(22,23)24)6-14(7-25-11)18-10-28(19(26-18)5-13-3-4-13)20-15-8-27(12(2)29)9-16(15)20/h6-7,10,13,15-16,20H,3-5,8-9H2,1-2H3/t15-,16+,20?. The predicted molar refractivity (Wildman–Crippen MR) is 99.9 cm³/mol. The Kier molecular flexibility index (Phi) is 4.05. The third-order valence-corrected chi connectivity index (χ3v) is 6.58. The molecular weight excluding hydrogens is 381 g/mol. The van der Waals surface area contributed by atoms with Crippen molar-refractivity contribution in [3.63, 3.8) is 0 Å². The van der Waals surface area contributed by atoms with Gasteiger partial charge in [-0.1, -0.05) is 0 Å². The van der Waals surface area contributed by atoms with Gasteiger partial charge in [-0.25, -0.2) is 4.98 Å². The number of aryl methyl sites for hydroxylation is 1. The molecule has 3 aliphatic rings. The van der Waals surface area contributed by atoms with Crippen molar-refractivity contribution in [1.29, 1.82) is 0 Å². The molecule has 2 aromatic rings. The van der Waals surface area contributed by atoms with Crippen molar-refractivity contribution < 1.29 is 18.0 Å². The van der Waals surface area contributed by atoms with Crippen LogP contribution in [0, 0.1) is 24.7 Å². The molecule has 0 aromatic carbocycles. The summed E-state index contributed by atoms with van der Waals surface area (Å²) in [4.78, 5) is 22.2. The average molecular weight is 404 g/mol. The minimum Gasteiger partial charge on any atom is -0.342 e. The summed E-state index contributed by atoms with van der Waals surface area (Å²) in [5.41, 5.74) is 0.204. The van der Waals surface area contributed by atoms with Crippen molar-refractivity contribution in [2.45, 2.75) is 45.3 Å². The Hall–Kier alpha value is -2.38. The normalized spacial score (nSPS) is 26.0. The monoisotopic (exact) mass is 404 g/mol. The summed E-state index contributed by atoms with van der Waals surface area (Å²) in [5.74, 6) is 2.51. The van der Waals surface area contributed by atoms with Gasteiger partial charge < -0.3 is 9.47 Å². The fourth-order valence-electron chi connectivity index (χ4n) is 4.69. The fourth-order valence-corrected chi connectivity index (χ4v) is 4.69. The summed E-state index contributed by atoms with van der Waals surface area (Å²) < 4.78 is 42.1. The Morgan fingerprint density at radius 1 is 1.24 bits per heavy atom. The lowest BCUT2D eigenvalue weighted by atomic mass is 10.1. The summed E-state index contributed by atoms with van der Waals surface area (Å²) in [7, 11) is 0. The maximum absolute atomic E-state index is 13.3. The van der Waals surface area contributed by atoms with Crippen LogP contribution in [0.4, 0.5) is 13.2 Å². The smallest absolute Gasteiger partial charge is 0.342 e. The van der Waals surface area contributed by atoms with E-state index >= 15 is 0 Å². The van der Waals surface area contributed by atoms with E-state index < -0.39 is 11.7 Å². The molecule has 1 amide bonds. The highest BCUT2D eigenvalue weighted by Gasteiger charge is 2.58. The molecule has 8 heteroatoms. The highest BCUT2D eigenvalue weighted by atomic mass is 19.4. The molecule has 5 nitrogen and oxygen atoms in total. The van der Waals surface area contributed by atoms with Crippen LogP contribution in [0.25, 0.3) is 11.3 Å². The largest absolute Gasteiger partial charge is 0.418 e. The van der Waals surface area contributed by atoms with Gasteiger partial charge in [0.05, 0.1) is 11.3 Å². The molecule has 0 N–H and O–H groups in total. The minimum absolute atomic E-state index is 0.0278. The van der Waals surface area contributed by atoms with Crippen molar-refractivity contribution >= 4 is 5.91 Å². The number of fused-ring (bicyclic) bond motifs is 1. The van der Waals surface area contributed by atoms with Gasteiger partial charge in [-0.3, -0.25) is 9.78 Å². The molecule has 5 rings (SSSR count). The highest BCUT2D eigenvalue weighted by Crippen LogP contribution is 2.56. The van der Waals surface area contributed by atoms with Gasteiger partial charge in [-0.15, -0.1) is 0 Å². The summed E-state index contributed by atoms with van der Waals surface area (Å²) in [6, 6.07) is 1.45. The number of hydrogen-bond acceptors (Lipinski definition) is 3. The number of imidazole rings is 1. The zero-order valence-electron chi connectivity index (χ0n) is 16.4. The molecular formula is C21H23F3N4O. The highest BCUT2D eigenvalue weighted by molar-refractivity contribution is 5.74. The lowest BCUT2D eigenvalue weighted by Crippen LogP contribution is -2.29. The maximum atomic E-state index is 13.3. The second kappa shape index (κ2) is 6.31. The van der Waals surface area contributed by atoms with E-state index in [2.05, 4.69) is 9.55 Å². The quantitative estimate of drug-likeness (QED) is 0.777. The van der Waals surface area contributed by atoms with Gasteiger partial charge in [0.15, 0.2) is 0 Å². The minimum atomic E-state index is -4.43. The number of carbonyl (C=O) groups is 1. The van der Waals surface area contributed by atoms with Crippen LogP contribution >= 0.6 is 0 Å². The van der Waals surface area contributed by atoms with Crippen molar-refractivity contribution in [2.75, 3.05) is 13.1 Å². The van der Waals surface area contributed by atoms with Gasteiger partial charge in [0.2, 0.25) is 5.91 Å². The predicted octanol–water partition coefficient (Wildman–Crippen LogP) is 3.87. The number of halogens is 3. The van der Waals surface area contributed by atoms with E-state index in [1.165, 1.54) is 26.0 Å². The van der Waals surface area contributed by atoms with Crippen LogP contribution in [0.1, 0.15) is 42.9 Å². The summed E-state index contributed by atoms with van der Waals surface area (Å²) in [5, 5.41) is 0. The number of carbonyl (C=O) groups excluding carboxylic acids is 1. The number of aromatic nitrogens is 3. The third kappa shape index (κ3) is 3.32. The first-order valence-corrected chi connectivity index (χ1v) is 10.1. The summed E-state index contributed by atoms with van der Waals surface area (Å²) >= 11 is 0. The van der Waals surface area contributed by atoms with Crippen LogP contribution < -0.4 is 0 Å². The zero-order valence-corrected chi connectivity index (χ0v) is 16.4. The number of likely N-dealkylation sites (tertiary alicyclic amines) is 1. The fraction of sp³-hybridized carbons (Fsp3) is 0.571. The van der Waals surface area contributed by atoms with Gasteiger partial charge in [0, 0.05) is 68.0 Å². The first kappa shape index (κ1) is 18.6. The van der Waals surface area contributed by atoms with Gasteiger partial charge in [-0.2, -0.15) is 13.2 Å². The lowest BCUT2D eigenvalue weighted by molar-refractivity contribution is -0.138. The Morgan fingerprint density at radius 3 is 2.52 bits per heavy atom. The molecule has 0 spiro atoms. The van der Waals surface area contributed by atoms with E-state index in [9.17, 15) is 18.0 Å². The third-order valence-electron chi connectivity index (χ3n) is 6.58. The molecule has 3 fully saturated rings. The topological polar surface area (TPSA) is 51.0 Å². The number of rotatable bonds is 4. The average Bonchev–Trinajstić information content (AvgIpc) is 3.49. The SMILES string of the molecule is CC(=O)N1C[C@@H]2C(n3cc(-c4cnc(C)c(C(F)(F)F)c4)nc3CC3CC3)[C@@H]2C1. The Balaban J connectivity index is 1.46. The van der Waals surface area contributed by atoms with Crippen molar-refractivity contribution in [3.8, 4) is 11.3 Å². The van der Waals surface area contributed by atoms with Crippen LogP contribution in [0.2, 0.25) is 0 Å². The van der Waals surface area contributed by atoms with Crippen LogP contribution in [-0.2, 0) is 17.4 Å². The molecule has 2 saturated carbocycles. The van der Waals surface area contributed by atoms with Crippen LogP contribution in [0.5, 0.6) is 0 Å². The molecule has 154 valence electrons. The van der Waals surface area contributed by atoms with Crippen LogP contribution in [0.15, 0.2) is 18.5 Å². The molecule has 3 atom stereocenters. The van der Waals surface area contributed by atoms with E-state index in [1.807, 2.05) is 11.1 Å². The van der Waals surface area contributed by atoms with Crippen molar-refractivity contribution in [2.24, 2.45) is 17.8 Å². The molecule has 0 bridgehead atoms. The number of hydrogen-bond donors (Lipinski definition) is 0. The molecule has 1 unspecified atom stereocenters. The number of nitrogens with zero attached hydrogens (tertiary/aromatic N) is 4.